The Bertz CT molecular complexity index is 180. The third-order valence-electron chi connectivity index (χ3n) is 3.45. The van der Waals surface area contributed by atoms with E-state index in [1.54, 1.807) is 0 Å². The lowest BCUT2D eigenvalue weighted by molar-refractivity contribution is 0.271. The molecule has 0 heterocycles. The molecular formula is C14H24. The lowest BCUT2D eigenvalue weighted by Gasteiger charge is -2.26. The molecule has 0 unspecified atom stereocenters. The van der Waals surface area contributed by atoms with Crippen LogP contribution in [0, 0.1) is 11.8 Å². The van der Waals surface area contributed by atoms with Crippen LogP contribution in [0.25, 0.3) is 0 Å². The standard InChI is InChI=1S/C14H24/c1-3-5-6-7-8-14-11-9-13(4-2)10-12-14/h3,5-7,13-14H,4,8-12H2,1-2H3/b5-3+,7-6+. The first-order valence-corrected chi connectivity index (χ1v) is 6.14. The van der Waals surface area contributed by atoms with Crippen molar-refractivity contribution >= 4 is 0 Å². The van der Waals surface area contributed by atoms with Gasteiger partial charge in [-0.3, -0.25) is 0 Å². The maximum atomic E-state index is 2.33. The molecule has 0 bridgehead atoms. The van der Waals surface area contributed by atoms with Crippen LogP contribution in [0.3, 0.4) is 0 Å². The number of rotatable bonds is 4. The van der Waals surface area contributed by atoms with E-state index in [0.29, 0.717) is 0 Å². The molecule has 0 aliphatic heterocycles. The number of hydrogen-bond donors (Lipinski definition) is 0. The molecule has 14 heavy (non-hydrogen) atoms. The number of allylic oxidation sites excluding steroid dienone is 4. The van der Waals surface area contributed by atoms with Crippen LogP contribution in [0.2, 0.25) is 0 Å². The van der Waals surface area contributed by atoms with Crippen molar-refractivity contribution in [2.45, 2.75) is 52.4 Å². The molecule has 0 radical (unpaired) electrons. The van der Waals surface area contributed by atoms with Gasteiger partial charge >= 0.3 is 0 Å². The Morgan fingerprint density at radius 2 is 1.64 bits per heavy atom. The van der Waals surface area contributed by atoms with Gasteiger partial charge in [-0.05, 0) is 38.0 Å². The molecule has 0 saturated heterocycles. The summed E-state index contributed by atoms with van der Waals surface area (Å²) >= 11 is 0. The molecule has 0 nitrogen and oxygen atoms in total. The molecule has 0 spiro atoms. The molecule has 1 saturated carbocycles. The second kappa shape index (κ2) is 6.86. The summed E-state index contributed by atoms with van der Waals surface area (Å²) in [5.41, 5.74) is 0. The van der Waals surface area contributed by atoms with Gasteiger partial charge in [0.05, 0.1) is 0 Å². The van der Waals surface area contributed by atoms with Gasteiger partial charge < -0.3 is 0 Å². The van der Waals surface area contributed by atoms with Gasteiger partial charge in [-0.25, -0.2) is 0 Å². The largest absolute Gasteiger partial charge is 0.0877 e. The fourth-order valence-electron chi connectivity index (χ4n) is 2.34. The molecule has 0 N–H and O–H groups in total. The molecule has 0 aromatic rings. The third-order valence-corrected chi connectivity index (χ3v) is 3.45. The van der Waals surface area contributed by atoms with E-state index in [-0.39, 0.29) is 0 Å². The van der Waals surface area contributed by atoms with E-state index in [1.165, 1.54) is 38.5 Å². The van der Waals surface area contributed by atoms with Gasteiger partial charge in [0.15, 0.2) is 0 Å². The van der Waals surface area contributed by atoms with Crippen molar-refractivity contribution in [3.63, 3.8) is 0 Å². The molecular weight excluding hydrogens is 168 g/mol. The molecule has 0 aromatic heterocycles. The van der Waals surface area contributed by atoms with Crippen LogP contribution in [0.15, 0.2) is 24.3 Å². The van der Waals surface area contributed by atoms with E-state index in [2.05, 4.69) is 38.2 Å². The first-order valence-electron chi connectivity index (χ1n) is 6.14. The van der Waals surface area contributed by atoms with Gasteiger partial charge in [0.2, 0.25) is 0 Å². The van der Waals surface area contributed by atoms with Crippen LogP contribution in [0.1, 0.15) is 52.4 Å². The first kappa shape index (κ1) is 11.6. The Morgan fingerprint density at radius 1 is 1.00 bits per heavy atom. The summed E-state index contributed by atoms with van der Waals surface area (Å²) in [4.78, 5) is 0. The zero-order valence-electron chi connectivity index (χ0n) is 9.71. The molecule has 1 aliphatic rings. The van der Waals surface area contributed by atoms with E-state index >= 15 is 0 Å². The van der Waals surface area contributed by atoms with Crippen LogP contribution in [0.5, 0.6) is 0 Å². The van der Waals surface area contributed by atoms with Gasteiger partial charge in [-0.15, -0.1) is 0 Å². The molecule has 80 valence electrons. The number of hydrogen-bond acceptors (Lipinski definition) is 0. The molecule has 0 atom stereocenters. The van der Waals surface area contributed by atoms with Crippen molar-refractivity contribution in [2.75, 3.05) is 0 Å². The van der Waals surface area contributed by atoms with Crippen molar-refractivity contribution in [3.8, 4) is 0 Å². The van der Waals surface area contributed by atoms with E-state index in [0.717, 1.165) is 11.8 Å². The van der Waals surface area contributed by atoms with Gasteiger partial charge in [-0.1, -0.05) is 50.5 Å². The van der Waals surface area contributed by atoms with E-state index in [4.69, 9.17) is 0 Å². The predicted octanol–water partition coefficient (Wildman–Crippen LogP) is 4.73. The summed E-state index contributed by atoms with van der Waals surface area (Å²) in [5, 5.41) is 0. The molecule has 1 aliphatic carbocycles. The SMILES string of the molecule is C/C=C/C=C/CC1CCC(CC)CC1. The average Bonchev–Trinajstić information content (AvgIpc) is 2.25. The molecule has 0 heteroatoms. The Hall–Kier alpha value is -0.520. The Morgan fingerprint density at radius 3 is 2.21 bits per heavy atom. The fraction of sp³-hybridized carbons (Fsp3) is 0.714. The van der Waals surface area contributed by atoms with Crippen LogP contribution in [-0.2, 0) is 0 Å². The predicted molar refractivity (Wildman–Crippen MR) is 64.3 cm³/mol. The summed E-state index contributed by atoms with van der Waals surface area (Å²) in [6, 6.07) is 0. The summed E-state index contributed by atoms with van der Waals surface area (Å²) in [6.07, 6.45) is 17.3. The minimum absolute atomic E-state index is 0.972. The van der Waals surface area contributed by atoms with E-state index in [9.17, 15) is 0 Å². The monoisotopic (exact) mass is 192 g/mol. The lowest BCUT2D eigenvalue weighted by atomic mass is 9.79. The quantitative estimate of drug-likeness (QED) is 0.565. The van der Waals surface area contributed by atoms with Gasteiger partial charge in [-0.2, -0.15) is 0 Å². The van der Waals surface area contributed by atoms with Gasteiger partial charge in [0.1, 0.15) is 0 Å². The highest BCUT2D eigenvalue weighted by molar-refractivity contribution is 5.01. The fourth-order valence-corrected chi connectivity index (χ4v) is 2.34. The van der Waals surface area contributed by atoms with Crippen molar-refractivity contribution in [1.29, 1.82) is 0 Å². The Labute approximate surface area is 89.1 Å². The maximum absolute atomic E-state index is 2.33. The lowest BCUT2D eigenvalue weighted by Crippen LogP contribution is -2.13. The third kappa shape index (κ3) is 4.13. The van der Waals surface area contributed by atoms with Crippen molar-refractivity contribution in [2.24, 2.45) is 11.8 Å². The Kier molecular flexibility index (Phi) is 5.66. The minimum atomic E-state index is 0.972. The van der Waals surface area contributed by atoms with Crippen LogP contribution in [0.4, 0.5) is 0 Å². The molecule has 1 rings (SSSR count). The summed E-state index contributed by atoms with van der Waals surface area (Å²) in [7, 11) is 0. The van der Waals surface area contributed by atoms with Crippen molar-refractivity contribution < 1.29 is 0 Å². The second-order valence-electron chi connectivity index (χ2n) is 4.48. The maximum Gasteiger partial charge on any atom is -0.0319 e. The highest BCUT2D eigenvalue weighted by atomic mass is 14.2. The second-order valence-corrected chi connectivity index (χ2v) is 4.48. The minimum Gasteiger partial charge on any atom is -0.0877 e. The van der Waals surface area contributed by atoms with E-state index in [1.807, 2.05) is 0 Å². The van der Waals surface area contributed by atoms with Crippen LogP contribution in [-0.4, -0.2) is 0 Å². The smallest absolute Gasteiger partial charge is 0.0319 e. The molecule has 0 amide bonds. The average molecular weight is 192 g/mol. The molecule has 0 aromatic carbocycles. The Balaban J connectivity index is 2.15. The van der Waals surface area contributed by atoms with Crippen LogP contribution >= 0.6 is 0 Å². The summed E-state index contributed by atoms with van der Waals surface area (Å²) in [5.74, 6) is 2.00. The van der Waals surface area contributed by atoms with Crippen molar-refractivity contribution in [3.05, 3.63) is 24.3 Å². The van der Waals surface area contributed by atoms with Crippen molar-refractivity contribution in [1.82, 2.24) is 0 Å². The molecule has 1 fully saturated rings. The highest BCUT2D eigenvalue weighted by Gasteiger charge is 2.18. The van der Waals surface area contributed by atoms with Gasteiger partial charge in [0.25, 0.3) is 0 Å². The zero-order chi connectivity index (χ0) is 10.2. The van der Waals surface area contributed by atoms with Crippen LogP contribution < -0.4 is 0 Å². The highest BCUT2D eigenvalue weighted by Crippen LogP contribution is 2.32. The normalized spacial score (nSPS) is 29.0. The summed E-state index contributed by atoms with van der Waals surface area (Å²) in [6.45, 7) is 4.40. The first-order chi connectivity index (χ1) is 6.86. The van der Waals surface area contributed by atoms with E-state index < -0.39 is 0 Å². The summed E-state index contributed by atoms with van der Waals surface area (Å²) < 4.78 is 0. The van der Waals surface area contributed by atoms with Gasteiger partial charge in [0, 0.05) is 0 Å². The zero-order valence-corrected chi connectivity index (χ0v) is 9.71. The topological polar surface area (TPSA) is 0 Å².